The fourth-order valence-corrected chi connectivity index (χ4v) is 2.57. The van der Waals surface area contributed by atoms with Crippen molar-refractivity contribution in [2.45, 2.75) is 65.6 Å². The third-order valence-electron chi connectivity index (χ3n) is 2.17. The Morgan fingerprint density at radius 2 is 1.69 bits per heavy atom. The number of rotatable bonds is 5. The van der Waals surface area contributed by atoms with Crippen LogP contribution >= 0.6 is 22.6 Å². The zero-order valence-electron chi connectivity index (χ0n) is 11.4. The molecule has 0 bridgehead atoms. The van der Waals surface area contributed by atoms with Gasteiger partial charge in [-0.2, -0.15) is 0 Å². The molecule has 0 nitrogen and oxygen atoms in total. The van der Waals surface area contributed by atoms with Crippen molar-refractivity contribution in [3.8, 4) is 11.5 Å². The Hall–Kier alpha value is 0.247. The number of unbranched alkanes of at least 4 members (excludes halogenated alkanes) is 1. The van der Waals surface area contributed by atoms with E-state index < -0.39 is 8.07 Å². The van der Waals surface area contributed by atoms with Crippen molar-refractivity contribution < 1.29 is 0 Å². The van der Waals surface area contributed by atoms with Gasteiger partial charge in [-0.3, -0.25) is 0 Å². The second-order valence-corrected chi connectivity index (χ2v) is 11.3. The van der Waals surface area contributed by atoms with E-state index in [9.17, 15) is 0 Å². The van der Waals surface area contributed by atoms with Crippen LogP contribution in [-0.4, -0.2) is 8.07 Å². The van der Waals surface area contributed by atoms with Gasteiger partial charge in [-0.25, -0.2) is 0 Å². The van der Waals surface area contributed by atoms with Gasteiger partial charge in [0.05, 0.1) is 0 Å². The molecular weight excluding hydrogens is 323 g/mol. The zero-order valence-corrected chi connectivity index (χ0v) is 14.6. The number of hydrogen-bond acceptors (Lipinski definition) is 0. The van der Waals surface area contributed by atoms with Crippen LogP contribution in [0.1, 0.15) is 46.0 Å². The molecule has 0 fully saturated rings. The summed E-state index contributed by atoms with van der Waals surface area (Å²) in [6, 6.07) is 0. The minimum Gasteiger partial charge on any atom is -0.127 e. The van der Waals surface area contributed by atoms with Gasteiger partial charge in [0.2, 0.25) is 0 Å². The molecule has 0 N–H and O–H groups in total. The van der Waals surface area contributed by atoms with Gasteiger partial charge < -0.3 is 0 Å². The van der Waals surface area contributed by atoms with Gasteiger partial charge in [-0.05, 0) is 41.9 Å². The van der Waals surface area contributed by atoms with Crippen LogP contribution in [0.15, 0.2) is 9.15 Å². The summed E-state index contributed by atoms with van der Waals surface area (Å²) in [5.74, 6) is 3.45. The molecule has 0 aromatic rings. The Bertz CT molecular complexity index is 286. The van der Waals surface area contributed by atoms with Gasteiger partial charge in [0.1, 0.15) is 8.07 Å². The van der Waals surface area contributed by atoms with Crippen molar-refractivity contribution in [1.29, 1.82) is 0 Å². The lowest BCUT2D eigenvalue weighted by Gasteiger charge is -2.07. The van der Waals surface area contributed by atoms with E-state index in [4.69, 9.17) is 0 Å². The van der Waals surface area contributed by atoms with E-state index in [0.29, 0.717) is 0 Å². The maximum Gasteiger partial charge on any atom is 0.129 e. The molecule has 0 radical (unpaired) electrons. The first-order valence-corrected chi connectivity index (χ1v) is 10.9. The third-order valence-corrected chi connectivity index (χ3v) is 4.23. The van der Waals surface area contributed by atoms with Crippen LogP contribution in [0.4, 0.5) is 0 Å². The number of allylic oxidation sites excluding steroid dienone is 2. The van der Waals surface area contributed by atoms with E-state index >= 15 is 0 Å². The van der Waals surface area contributed by atoms with Gasteiger partial charge in [-0.15, -0.1) is 5.54 Å². The van der Waals surface area contributed by atoms with Crippen LogP contribution in [0.25, 0.3) is 0 Å². The fourth-order valence-electron chi connectivity index (χ4n) is 1.26. The Morgan fingerprint density at radius 3 is 2.12 bits per heavy atom. The molecule has 0 aromatic carbocycles. The van der Waals surface area contributed by atoms with E-state index in [1.807, 2.05) is 0 Å². The van der Waals surface area contributed by atoms with E-state index in [2.05, 4.69) is 67.5 Å². The van der Waals surface area contributed by atoms with Gasteiger partial charge in [0.25, 0.3) is 0 Å². The van der Waals surface area contributed by atoms with Crippen molar-refractivity contribution in [3.63, 3.8) is 0 Å². The van der Waals surface area contributed by atoms with Crippen LogP contribution in [0, 0.1) is 11.5 Å². The SMILES string of the molecule is CCCC/C(I)=C(/C#C[Si](C)(C)C)CCC. The van der Waals surface area contributed by atoms with Gasteiger partial charge in [0.15, 0.2) is 0 Å². The van der Waals surface area contributed by atoms with Crippen molar-refractivity contribution >= 4 is 30.7 Å². The molecule has 0 saturated carbocycles. The lowest BCUT2D eigenvalue weighted by atomic mass is 10.1. The van der Waals surface area contributed by atoms with E-state index in [-0.39, 0.29) is 0 Å². The molecule has 0 saturated heterocycles. The first-order chi connectivity index (χ1) is 7.40. The lowest BCUT2D eigenvalue weighted by Crippen LogP contribution is -2.16. The second kappa shape index (κ2) is 8.35. The highest BCUT2D eigenvalue weighted by Crippen LogP contribution is 2.22. The summed E-state index contributed by atoms with van der Waals surface area (Å²) in [4.78, 5) is 0. The molecule has 0 atom stereocenters. The van der Waals surface area contributed by atoms with Gasteiger partial charge >= 0.3 is 0 Å². The summed E-state index contributed by atoms with van der Waals surface area (Å²) >= 11 is 2.49. The first kappa shape index (κ1) is 16.2. The Morgan fingerprint density at radius 1 is 1.06 bits per heavy atom. The summed E-state index contributed by atoms with van der Waals surface area (Å²) in [5.41, 5.74) is 4.89. The molecule has 0 heterocycles. The first-order valence-electron chi connectivity index (χ1n) is 6.31. The molecule has 0 aliphatic carbocycles. The molecule has 0 aromatic heterocycles. The highest BCUT2D eigenvalue weighted by Gasteiger charge is 2.08. The molecule has 0 aliphatic heterocycles. The van der Waals surface area contributed by atoms with Crippen molar-refractivity contribution in [1.82, 2.24) is 0 Å². The average Bonchev–Trinajstić information content (AvgIpc) is 2.19. The van der Waals surface area contributed by atoms with Gasteiger partial charge in [0, 0.05) is 9.15 Å². The number of halogens is 1. The van der Waals surface area contributed by atoms with E-state index in [0.717, 1.165) is 6.42 Å². The van der Waals surface area contributed by atoms with Crippen LogP contribution in [0.5, 0.6) is 0 Å². The minimum absolute atomic E-state index is 1.15. The van der Waals surface area contributed by atoms with Crippen molar-refractivity contribution in [3.05, 3.63) is 9.15 Å². The smallest absolute Gasteiger partial charge is 0.127 e. The summed E-state index contributed by atoms with van der Waals surface area (Å²) in [7, 11) is -1.22. The predicted octanol–water partition coefficient (Wildman–Crippen LogP) is 5.55. The van der Waals surface area contributed by atoms with Crippen molar-refractivity contribution in [2.24, 2.45) is 0 Å². The molecule has 0 aliphatic rings. The largest absolute Gasteiger partial charge is 0.129 e. The monoisotopic (exact) mass is 348 g/mol. The van der Waals surface area contributed by atoms with Gasteiger partial charge in [-0.1, -0.05) is 52.3 Å². The van der Waals surface area contributed by atoms with E-state index in [1.165, 1.54) is 34.8 Å². The van der Waals surface area contributed by atoms with Crippen LogP contribution in [0.3, 0.4) is 0 Å². The zero-order chi connectivity index (χ0) is 12.6. The second-order valence-electron chi connectivity index (χ2n) is 5.24. The Kier molecular flexibility index (Phi) is 8.48. The maximum absolute atomic E-state index is 3.49. The molecule has 0 amide bonds. The lowest BCUT2D eigenvalue weighted by molar-refractivity contribution is 0.803. The summed E-state index contributed by atoms with van der Waals surface area (Å²) in [6.07, 6.45) is 6.13. The highest BCUT2D eigenvalue weighted by atomic mass is 127. The molecule has 92 valence electrons. The molecule has 0 rings (SSSR count). The van der Waals surface area contributed by atoms with Crippen LogP contribution < -0.4 is 0 Å². The highest BCUT2D eigenvalue weighted by molar-refractivity contribution is 14.1. The fraction of sp³-hybridized carbons (Fsp3) is 0.714. The van der Waals surface area contributed by atoms with E-state index in [1.54, 1.807) is 0 Å². The molecule has 0 unspecified atom stereocenters. The molecule has 0 spiro atoms. The van der Waals surface area contributed by atoms with Crippen LogP contribution in [-0.2, 0) is 0 Å². The summed E-state index contributed by atoms with van der Waals surface area (Å²) in [5, 5.41) is 0. The standard InChI is InChI=1S/C14H25ISi/c1-6-8-10-14(15)13(9-7-2)11-12-16(3,4)5/h6-10H2,1-5H3/b14-13-. The van der Waals surface area contributed by atoms with Crippen molar-refractivity contribution in [2.75, 3.05) is 0 Å². The molecular formula is C14H25ISi. The Labute approximate surface area is 116 Å². The topological polar surface area (TPSA) is 0 Å². The number of hydrogen-bond donors (Lipinski definition) is 0. The summed E-state index contributed by atoms with van der Waals surface area (Å²) < 4.78 is 1.49. The molecule has 2 heteroatoms. The maximum atomic E-state index is 3.49. The van der Waals surface area contributed by atoms with Crippen LogP contribution in [0.2, 0.25) is 19.6 Å². The predicted molar refractivity (Wildman–Crippen MR) is 86.6 cm³/mol. The summed E-state index contributed by atoms with van der Waals surface area (Å²) in [6.45, 7) is 11.4. The normalized spacial score (nSPS) is 12.9. The quantitative estimate of drug-likeness (QED) is 0.347. The molecule has 16 heavy (non-hydrogen) atoms. The average molecular weight is 348 g/mol. The Balaban J connectivity index is 4.75. The third kappa shape index (κ3) is 8.40. The minimum atomic E-state index is -1.22.